The first-order chi connectivity index (χ1) is 9.40. The van der Waals surface area contributed by atoms with Crippen molar-refractivity contribution in [2.75, 3.05) is 31.9 Å². The number of nitrogens with zero attached hydrogens (tertiary/aromatic N) is 1. The highest BCUT2D eigenvalue weighted by atomic mass is 35.5. The van der Waals surface area contributed by atoms with E-state index in [1.165, 1.54) is 12.1 Å². The fraction of sp³-hybridized carbons (Fsp3) is 0.538. The highest BCUT2D eigenvalue weighted by Crippen LogP contribution is 2.26. The molecular weight excluding hydrogens is 319 g/mol. The van der Waals surface area contributed by atoms with Gasteiger partial charge < -0.3 is 5.32 Å². The normalized spacial score (nSPS) is 21.1. The van der Waals surface area contributed by atoms with Crippen molar-refractivity contribution in [3.05, 3.63) is 28.2 Å². The van der Waals surface area contributed by atoms with Crippen LogP contribution in [0, 0.1) is 0 Å². The first kappa shape index (κ1) is 16.0. The lowest BCUT2D eigenvalue weighted by molar-refractivity contribution is 0.184. The summed E-state index contributed by atoms with van der Waals surface area (Å²) in [7, 11) is -3.41. The Kier molecular flexibility index (Phi) is 5.31. The summed E-state index contributed by atoms with van der Waals surface area (Å²) in [6, 6.07) is 4.86. The van der Waals surface area contributed by atoms with E-state index in [1.54, 1.807) is 6.07 Å². The molecule has 0 unspecified atom stereocenters. The second-order valence-corrected chi connectivity index (χ2v) is 7.90. The van der Waals surface area contributed by atoms with Gasteiger partial charge in [0.15, 0.2) is 9.84 Å². The Hall–Kier alpha value is -0.330. The van der Waals surface area contributed by atoms with Crippen molar-refractivity contribution in [3.63, 3.8) is 0 Å². The number of piperazine rings is 1. The molecule has 0 bridgehead atoms. The minimum absolute atomic E-state index is 0.0530. The van der Waals surface area contributed by atoms with E-state index in [0.717, 1.165) is 19.6 Å². The van der Waals surface area contributed by atoms with Gasteiger partial charge in [-0.05, 0) is 25.1 Å². The number of hydrogen-bond donors (Lipinski definition) is 1. The highest BCUT2D eigenvalue weighted by Gasteiger charge is 2.23. The lowest BCUT2D eigenvalue weighted by Gasteiger charge is -2.33. The molecule has 1 aliphatic heterocycles. The molecule has 0 aromatic heterocycles. The van der Waals surface area contributed by atoms with Gasteiger partial charge in [-0.15, -0.1) is 0 Å². The summed E-state index contributed by atoms with van der Waals surface area (Å²) >= 11 is 11.8. The number of nitrogens with one attached hydrogen (secondary N) is 1. The Morgan fingerprint density at radius 2 is 2.15 bits per heavy atom. The zero-order valence-electron chi connectivity index (χ0n) is 11.3. The van der Waals surface area contributed by atoms with Crippen LogP contribution in [0.25, 0.3) is 0 Å². The highest BCUT2D eigenvalue weighted by molar-refractivity contribution is 7.91. The van der Waals surface area contributed by atoms with Crippen LogP contribution in [0.2, 0.25) is 10.0 Å². The monoisotopic (exact) mass is 336 g/mol. The van der Waals surface area contributed by atoms with Crippen molar-refractivity contribution in [1.82, 2.24) is 10.2 Å². The van der Waals surface area contributed by atoms with Gasteiger partial charge in [-0.25, -0.2) is 8.42 Å². The Bertz CT molecular complexity index is 578. The number of halogens is 2. The van der Waals surface area contributed by atoms with Gasteiger partial charge in [-0.3, -0.25) is 4.90 Å². The van der Waals surface area contributed by atoms with Crippen LogP contribution in [0.1, 0.15) is 6.92 Å². The lowest BCUT2D eigenvalue weighted by atomic mass is 10.2. The molecule has 0 saturated carbocycles. The molecule has 4 nitrogen and oxygen atoms in total. The molecule has 1 aliphatic rings. The Morgan fingerprint density at radius 3 is 2.85 bits per heavy atom. The quantitative estimate of drug-likeness (QED) is 0.914. The smallest absolute Gasteiger partial charge is 0.181 e. The van der Waals surface area contributed by atoms with Crippen LogP contribution in [0.4, 0.5) is 0 Å². The summed E-state index contributed by atoms with van der Waals surface area (Å²) in [4.78, 5) is 2.29. The van der Waals surface area contributed by atoms with Crippen molar-refractivity contribution < 1.29 is 8.42 Å². The van der Waals surface area contributed by atoms with E-state index in [0.29, 0.717) is 17.6 Å². The SMILES string of the molecule is C[C@H]1CNCCN1CCS(=O)(=O)c1cc(Cl)ccc1Cl. The molecule has 1 heterocycles. The van der Waals surface area contributed by atoms with Gasteiger partial charge in [0, 0.05) is 37.2 Å². The van der Waals surface area contributed by atoms with Crippen LogP contribution in [-0.2, 0) is 9.84 Å². The molecule has 0 amide bonds. The molecule has 1 aromatic rings. The average Bonchev–Trinajstić information content (AvgIpc) is 2.40. The number of sulfone groups is 1. The van der Waals surface area contributed by atoms with Crippen molar-refractivity contribution in [2.45, 2.75) is 17.9 Å². The molecule has 1 fully saturated rings. The molecule has 7 heteroatoms. The van der Waals surface area contributed by atoms with Crippen molar-refractivity contribution >= 4 is 33.0 Å². The minimum atomic E-state index is -3.41. The Labute approximate surface area is 130 Å². The molecule has 0 radical (unpaired) electrons. The van der Waals surface area contributed by atoms with Crippen molar-refractivity contribution in [3.8, 4) is 0 Å². The second kappa shape index (κ2) is 6.62. The molecule has 112 valence electrons. The Balaban J connectivity index is 2.09. The largest absolute Gasteiger partial charge is 0.314 e. The molecule has 1 saturated heterocycles. The second-order valence-electron chi connectivity index (χ2n) is 4.98. The van der Waals surface area contributed by atoms with Gasteiger partial charge in [0.2, 0.25) is 0 Å². The fourth-order valence-electron chi connectivity index (χ4n) is 2.28. The predicted octanol–water partition coefficient (Wildman–Crippen LogP) is 2.06. The van der Waals surface area contributed by atoms with Crippen LogP contribution in [0.15, 0.2) is 23.1 Å². The van der Waals surface area contributed by atoms with Gasteiger partial charge in [0.1, 0.15) is 0 Å². The van der Waals surface area contributed by atoms with Crippen molar-refractivity contribution in [2.24, 2.45) is 0 Å². The zero-order valence-corrected chi connectivity index (χ0v) is 13.6. The summed E-state index contributed by atoms with van der Waals surface area (Å²) in [5, 5.41) is 3.88. The summed E-state index contributed by atoms with van der Waals surface area (Å²) in [5.74, 6) is 0.0530. The Morgan fingerprint density at radius 1 is 1.40 bits per heavy atom. The molecule has 0 aliphatic carbocycles. The van der Waals surface area contributed by atoms with Gasteiger partial charge in [-0.1, -0.05) is 23.2 Å². The van der Waals surface area contributed by atoms with Gasteiger partial charge >= 0.3 is 0 Å². The van der Waals surface area contributed by atoms with E-state index in [-0.39, 0.29) is 15.7 Å². The zero-order chi connectivity index (χ0) is 14.8. The third-order valence-electron chi connectivity index (χ3n) is 3.51. The maximum absolute atomic E-state index is 12.4. The van der Waals surface area contributed by atoms with Crippen LogP contribution in [0.3, 0.4) is 0 Å². The van der Waals surface area contributed by atoms with Crippen molar-refractivity contribution in [1.29, 1.82) is 0 Å². The van der Waals surface area contributed by atoms with Crippen LogP contribution in [0.5, 0.6) is 0 Å². The lowest BCUT2D eigenvalue weighted by Crippen LogP contribution is -2.50. The molecule has 20 heavy (non-hydrogen) atoms. The van der Waals surface area contributed by atoms with E-state index in [4.69, 9.17) is 23.2 Å². The van der Waals surface area contributed by atoms with E-state index in [9.17, 15) is 8.42 Å². The standard InChI is InChI=1S/C13H18Cl2N2O2S/c1-10-9-16-4-5-17(10)6-7-20(18,19)13-8-11(14)2-3-12(13)15/h2-3,8,10,16H,4-7,9H2,1H3/t10-/m0/s1. The third kappa shape index (κ3) is 3.86. The molecular formula is C13H18Cl2N2O2S. The summed E-state index contributed by atoms with van der Waals surface area (Å²) in [6.07, 6.45) is 0. The number of rotatable bonds is 4. The first-order valence-electron chi connectivity index (χ1n) is 6.53. The molecule has 1 atom stereocenters. The molecule has 0 spiro atoms. The van der Waals surface area contributed by atoms with E-state index >= 15 is 0 Å². The van der Waals surface area contributed by atoms with Crippen LogP contribution in [-0.4, -0.2) is 51.3 Å². The maximum Gasteiger partial charge on any atom is 0.181 e. The summed E-state index contributed by atoms with van der Waals surface area (Å²) < 4.78 is 24.7. The van der Waals surface area contributed by atoms with Gasteiger partial charge in [0.25, 0.3) is 0 Å². The number of hydrogen-bond acceptors (Lipinski definition) is 4. The summed E-state index contributed by atoms with van der Waals surface area (Å²) in [5.41, 5.74) is 0. The molecule has 2 rings (SSSR count). The average molecular weight is 337 g/mol. The van der Waals surface area contributed by atoms with Crippen LogP contribution < -0.4 is 5.32 Å². The fourth-order valence-corrected chi connectivity index (χ4v) is 4.35. The first-order valence-corrected chi connectivity index (χ1v) is 8.93. The number of benzene rings is 1. The van der Waals surface area contributed by atoms with E-state index in [2.05, 4.69) is 17.1 Å². The minimum Gasteiger partial charge on any atom is -0.314 e. The van der Waals surface area contributed by atoms with Crippen LogP contribution >= 0.6 is 23.2 Å². The maximum atomic E-state index is 12.4. The third-order valence-corrected chi connectivity index (χ3v) is 5.92. The van der Waals surface area contributed by atoms with Gasteiger partial charge in [-0.2, -0.15) is 0 Å². The predicted molar refractivity (Wildman–Crippen MR) is 82.4 cm³/mol. The van der Waals surface area contributed by atoms with Gasteiger partial charge in [0.05, 0.1) is 15.7 Å². The molecule has 1 N–H and O–H groups in total. The molecule has 1 aromatic carbocycles. The summed E-state index contributed by atoms with van der Waals surface area (Å²) in [6.45, 7) is 5.24. The topological polar surface area (TPSA) is 49.4 Å². The van der Waals surface area contributed by atoms with E-state index < -0.39 is 9.84 Å². The van der Waals surface area contributed by atoms with E-state index in [1.807, 2.05) is 0 Å².